The maximum absolute atomic E-state index is 11.9. The lowest BCUT2D eigenvalue weighted by Crippen LogP contribution is -2.23. The van der Waals surface area contributed by atoms with Gasteiger partial charge in [-0.2, -0.15) is 0 Å². The van der Waals surface area contributed by atoms with Gasteiger partial charge in [0.25, 0.3) is 5.91 Å². The summed E-state index contributed by atoms with van der Waals surface area (Å²) in [7, 11) is 1.29. The molecule has 1 N–H and O–H groups in total. The van der Waals surface area contributed by atoms with Crippen molar-refractivity contribution in [3.63, 3.8) is 0 Å². The van der Waals surface area contributed by atoms with Gasteiger partial charge in [-0.3, -0.25) is 4.79 Å². The molecule has 20 heavy (non-hydrogen) atoms. The highest BCUT2D eigenvalue weighted by Crippen LogP contribution is 2.13. The van der Waals surface area contributed by atoms with E-state index in [2.05, 4.69) is 28.9 Å². The minimum atomic E-state index is -0.464. The van der Waals surface area contributed by atoms with Crippen LogP contribution in [0.3, 0.4) is 0 Å². The van der Waals surface area contributed by atoms with Crippen LogP contribution in [0.15, 0.2) is 16.6 Å². The second kappa shape index (κ2) is 7.47. The van der Waals surface area contributed by atoms with Crippen LogP contribution in [0.25, 0.3) is 0 Å². The SMILES string of the molecule is COC(=O)/C=C/CNC(=O)c1oc(CC(C)C)nc1C. The Labute approximate surface area is 118 Å². The first-order chi connectivity index (χ1) is 9.43. The minimum absolute atomic E-state index is 0.215. The highest BCUT2D eigenvalue weighted by Gasteiger charge is 2.17. The van der Waals surface area contributed by atoms with Gasteiger partial charge in [0.1, 0.15) is 0 Å². The molecule has 6 heteroatoms. The molecule has 0 radical (unpaired) electrons. The molecule has 110 valence electrons. The van der Waals surface area contributed by atoms with Crippen LogP contribution in [0.2, 0.25) is 0 Å². The fraction of sp³-hybridized carbons (Fsp3) is 0.500. The number of aryl methyl sites for hydroxylation is 1. The number of hydrogen-bond acceptors (Lipinski definition) is 5. The van der Waals surface area contributed by atoms with Gasteiger partial charge in [-0.25, -0.2) is 9.78 Å². The fourth-order valence-corrected chi connectivity index (χ4v) is 1.55. The number of carbonyl (C=O) groups excluding carboxylic acids is 2. The van der Waals surface area contributed by atoms with E-state index in [0.29, 0.717) is 23.9 Å². The predicted octanol–water partition coefficient (Wildman–Crippen LogP) is 1.64. The summed E-state index contributed by atoms with van der Waals surface area (Å²) in [6, 6.07) is 0. The monoisotopic (exact) mass is 280 g/mol. The summed E-state index contributed by atoms with van der Waals surface area (Å²) in [5.41, 5.74) is 0.565. The van der Waals surface area contributed by atoms with Crippen molar-refractivity contribution in [2.75, 3.05) is 13.7 Å². The van der Waals surface area contributed by atoms with Crippen molar-refractivity contribution in [1.29, 1.82) is 0 Å². The standard InChI is InChI=1S/C14H20N2O4/c1-9(2)8-11-16-10(3)13(20-11)14(18)15-7-5-6-12(17)19-4/h5-6,9H,7-8H2,1-4H3,(H,15,18)/b6-5+. The lowest BCUT2D eigenvalue weighted by Gasteiger charge is -2.00. The summed E-state index contributed by atoms with van der Waals surface area (Å²) in [6.45, 7) is 6.05. The van der Waals surface area contributed by atoms with Crippen LogP contribution >= 0.6 is 0 Å². The van der Waals surface area contributed by atoms with Gasteiger partial charge in [0.2, 0.25) is 5.76 Å². The Morgan fingerprint density at radius 2 is 2.15 bits per heavy atom. The minimum Gasteiger partial charge on any atom is -0.466 e. The van der Waals surface area contributed by atoms with E-state index in [0.717, 1.165) is 0 Å². The number of ether oxygens (including phenoxy) is 1. The highest BCUT2D eigenvalue weighted by atomic mass is 16.5. The molecule has 0 aliphatic heterocycles. The maximum atomic E-state index is 11.9. The van der Waals surface area contributed by atoms with Gasteiger partial charge in [0.15, 0.2) is 5.89 Å². The smallest absolute Gasteiger partial charge is 0.330 e. The largest absolute Gasteiger partial charge is 0.466 e. The summed E-state index contributed by atoms with van der Waals surface area (Å²) in [5.74, 6) is 0.376. The van der Waals surface area contributed by atoms with Gasteiger partial charge < -0.3 is 14.5 Å². The van der Waals surface area contributed by atoms with Crippen molar-refractivity contribution in [2.45, 2.75) is 27.2 Å². The Bertz CT molecular complexity index is 503. The molecular formula is C14H20N2O4. The number of amides is 1. The molecule has 1 aromatic heterocycles. The number of hydrogen-bond donors (Lipinski definition) is 1. The zero-order valence-electron chi connectivity index (χ0n) is 12.2. The zero-order valence-corrected chi connectivity index (χ0v) is 12.2. The Morgan fingerprint density at radius 1 is 1.45 bits per heavy atom. The van der Waals surface area contributed by atoms with Crippen LogP contribution < -0.4 is 5.32 Å². The van der Waals surface area contributed by atoms with Crippen molar-refractivity contribution in [3.8, 4) is 0 Å². The Morgan fingerprint density at radius 3 is 2.75 bits per heavy atom. The second-order valence-electron chi connectivity index (χ2n) is 4.76. The number of aromatic nitrogens is 1. The van der Waals surface area contributed by atoms with E-state index in [9.17, 15) is 9.59 Å². The van der Waals surface area contributed by atoms with Crippen LogP contribution in [0, 0.1) is 12.8 Å². The number of carbonyl (C=O) groups is 2. The van der Waals surface area contributed by atoms with Gasteiger partial charge in [-0.15, -0.1) is 0 Å². The molecule has 6 nitrogen and oxygen atoms in total. The second-order valence-corrected chi connectivity index (χ2v) is 4.76. The van der Waals surface area contributed by atoms with E-state index < -0.39 is 5.97 Å². The number of esters is 1. The van der Waals surface area contributed by atoms with Crippen LogP contribution in [0.4, 0.5) is 0 Å². The van der Waals surface area contributed by atoms with E-state index in [1.165, 1.54) is 19.3 Å². The van der Waals surface area contributed by atoms with Crippen molar-refractivity contribution < 1.29 is 18.7 Å². The van der Waals surface area contributed by atoms with Gasteiger partial charge >= 0.3 is 5.97 Å². The normalized spacial score (nSPS) is 11.1. The number of methoxy groups -OCH3 is 1. The summed E-state index contributed by atoms with van der Waals surface area (Å²) in [4.78, 5) is 26.9. The first-order valence-corrected chi connectivity index (χ1v) is 6.43. The first-order valence-electron chi connectivity index (χ1n) is 6.43. The Kier molecular flexibility index (Phi) is 5.96. The molecule has 0 fully saturated rings. The van der Waals surface area contributed by atoms with Crippen LogP contribution in [0.1, 0.15) is 36.0 Å². The van der Waals surface area contributed by atoms with E-state index >= 15 is 0 Å². The lowest BCUT2D eigenvalue weighted by molar-refractivity contribution is -0.134. The number of nitrogens with one attached hydrogen (secondary N) is 1. The third-order valence-corrected chi connectivity index (χ3v) is 2.47. The Hall–Kier alpha value is -2.11. The molecule has 1 heterocycles. The Balaban J connectivity index is 2.57. The summed E-state index contributed by atoms with van der Waals surface area (Å²) in [6.07, 6.45) is 3.44. The molecule has 0 atom stereocenters. The van der Waals surface area contributed by atoms with Gasteiger partial charge in [-0.05, 0) is 12.8 Å². The van der Waals surface area contributed by atoms with E-state index in [1.807, 2.05) is 0 Å². The van der Waals surface area contributed by atoms with Crippen molar-refractivity contribution >= 4 is 11.9 Å². The molecular weight excluding hydrogens is 260 g/mol. The van der Waals surface area contributed by atoms with Crippen LogP contribution in [-0.2, 0) is 16.0 Å². The molecule has 1 amide bonds. The quantitative estimate of drug-likeness (QED) is 0.633. The molecule has 0 aliphatic carbocycles. The van der Waals surface area contributed by atoms with Crippen LogP contribution in [-0.4, -0.2) is 30.5 Å². The maximum Gasteiger partial charge on any atom is 0.330 e. The molecule has 0 spiro atoms. The number of nitrogens with zero attached hydrogens (tertiary/aromatic N) is 1. The highest BCUT2D eigenvalue weighted by molar-refractivity contribution is 5.92. The van der Waals surface area contributed by atoms with Crippen LogP contribution in [0.5, 0.6) is 0 Å². The van der Waals surface area contributed by atoms with E-state index in [4.69, 9.17) is 4.42 Å². The van der Waals surface area contributed by atoms with Gasteiger partial charge in [0.05, 0.1) is 12.8 Å². The molecule has 1 aromatic rings. The predicted molar refractivity (Wildman–Crippen MR) is 73.3 cm³/mol. The molecule has 1 rings (SSSR count). The third kappa shape index (κ3) is 4.87. The van der Waals surface area contributed by atoms with Gasteiger partial charge in [-0.1, -0.05) is 19.9 Å². The van der Waals surface area contributed by atoms with Gasteiger partial charge in [0, 0.05) is 19.0 Å². The molecule has 0 aliphatic rings. The zero-order chi connectivity index (χ0) is 15.1. The number of oxazole rings is 1. The first kappa shape index (κ1) is 15.9. The summed E-state index contributed by atoms with van der Waals surface area (Å²) >= 11 is 0. The lowest BCUT2D eigenvalue weighted by atomic mass is 10.1. The molecule has 0 bridgehead atoms. The molecule has 0 unspecified atom stereocenters. The van der Waals surface area contributed by atoms with Crippen molar-refractivity contribution in [1.82, 2.24) is 10.3 Å². The average Bonchev–Trinajstić information content (AvgIpc) is 2.74. The third-order valence-electron chi connectivity index (χ3n) is 2.47. The van der Waals surface area contributed by atoms with Crippen molar-refractivity contribution in [3.05, 3.63) is 29.5 Å². The number of rotatable bonds is 6. The molecule has 0 saturated carbocycles. The molecule has 0 saturated heterocycles. The fourth-order valence-electron chi connectivity index (χ4n) is 1.55. The van der Waals surface area contributed by atoms with E-state index in [1.54, 1.807) is 6.92 Å². The summed E-state index contributed by atoms with van der Waals surface area (Å²) < 4.78 is 9.88. The topological polar surface area (TPSA) is 81.4 Å². The summed E-state index contributed by atoms with van der Waals surface area (Å²) in [5, 5.41) is 2.62. The van der Waals surface area contributed by atoms with E-state index in [-0.39, 0.29) is 18.2 Å². The van der Waals surface area contributed by atoms with Crippen molar-refractivity contribution in [2.24, 2.45) is 5.92 Å². The average molecular weight is 280 g/mol. The molecule has 0 aromatic carbocycles.